The number of rotatable bonds is 5. The van der Waals surface area contributed by atoms with Gasteiger partial charge in [-0.3, -0.25) is 9.59 Å². The van der Waals surface area contributed by atoms with Crippen LogP contribution in [0.1, 0.15) is 10.4 Å². The number of halogens is 2. The maximum Gasteiger partial charge on any atom is 0.284 e. The Hall–Kier alpha value is -3.03. The van der Waals surface area contributed by atoms with Crippen molar-refractivity contribution in [1.29, 1.82) is 0 Å². The molecule has 1 aromatic heterocycles. The number of carbonyl (C=O) groups is 1. The van der Waals surface area contributed by atoms with Crippen molar-refractivity contribution in [3.05, 3.63) is 68.4 Å². The van der Waals surface area contributed by atoms with Crippen LogP contribution < -0.4 is 20.3 Å². The Kier molecular flexibility index (Phi) is 5.87. The van der Waals surface area contributed by atoms with Gasteiger partial charge < -0.3 is 14.8 Å². The average molecular weight is 420 g/mol. The Morgan fingerprint density at radius 1 is 1.00 bits per heavy atom. The van der Waals surface area contributed by atoms with Gasteiger partial charge in [-0.2, -0.15) is 5.10 Å². The topological polar surface area (TPSA) is 93.3 Å². The molecule has 0 bridgehead atoms. The van der Waals surface area contributed by atoms with Gasteiger partial charge in [-0.15, -0.1) is 0 Å². The van der Waals surface area contributed by atoms with Crippen molar-refractivity contribution in [2.24, 2.45) is 0 Å². The van der Waals surface area contributed by atoms with Gasteiger partial charge in [0, 0.05) is 16.8 Å². The van der Waals surface area contributed by atoms with Crippen LogP contribution in [-0.4, -0.2) is 30.3 Å². The Labute approximate surface area is 170 Å². The Morgan fingerprint density at radius 3 is 2.32 bits per heavy atom. The summed E-state index contributed by atoms with van der Waals surface area (Å²) in [6, 6.07) is 11.7. The van der Waals surface area contributed by atoms with E-state index in [0.29, 0.717) is 34.0 Å². The molecule has 3 aromatic rings. The monoisotopic (exact) mass is 419 g/mol. The molecule has 1 amide bonds. The van der Waals surface area contributed by atoms with Crippen LogP contribution >= 0.6 is 23.2 Å². The highest BCUT2D eigenvalue weighted by molar-refractivity contribution is 6.43. The molecule has 1 heterocycles. The quantitative estimate of drug-likeness (QED) is 0.651. The third-order valence-corrected chi connectivity index (χ3v) is 4.76. The molecule has 7 nitrogen and oxygen atoms in total. The molecule has 0 radical (unpaired) electrons. The van der Waals surface area contributed by atoms with Crippen molar-refractivity contribution in [3.63, 3.8) is 0 Å². The molecule has 0 aliphatic rings. The van der Waals surface area contributed by atoms with Crippen LogP contribution in [-0.2, 0) is 0 Å². The fourth-order valence-corrected chi connectivity index (χ4v) is 2.86. The smallest absolute Gasteiger partial charge is 0.284 e. The number of hydrogen-bond acceptors (Lipinski definition) is 5. The highest BCUT2D eigenvalue weighted by Gasteiger charge is 2.14. The highest BCUT2D eigenvalue weighted by Crippen LogP contribution is 2.30. The van der Waals surface area contributed by atoms with Crippen LogP contribution in [0, 0.1) is 0 Å². The molecule has 2 aromatic carbocycles. The first-order valence-electron chi connectivity index (χ1n) is 8.02. The van der Waals surface area contributed by atoms with E-state index in [9.17, 15) is 9.59 Å². The number of amides is 1. The molecule has 144 valence electrons. The molecule has 3 rings (SSSR count). The van der Waals surface area contributed by atoms with Crippen molar-refractivity contribution < 1.29 is 14.3 Å². The number of nitrogens with zero attached hydrogens (tertiary/aromatic N) is 1. The van der Waals surface area contributed by atoms with Crippen molar-refractivity contribution in [3.8, 4) is 22.8 Å². The second kappa shape index (κ2) is 8.33. The van der Waals surface area contributed by atoms with Gasteiger partial charge in [-0.1, -0.05) is 35.3 Å². The number of ether oxygens (including phenoxy) is 2. The van der Waals surface area contributed by atoms with Crippen molar-refractivity contribution >= 4 is 34.8 Å². The van der Waals surface area contributed by atoms with Crippen LogP contribution in [0.2, 0.25) is 10.0 Å². The number of methoxy groups -OCH3 is 2. The van der Waals surface area contributed by atoms with Gasteiger partial charge in [-0.25, -0.2) is 5.10 Å². The number of benzene rings is 2. The molecule has 0 fully saturated rings. The molecule has 9 heteroatoms. The van der Waals surface area contributed by atoms with Gasteiger partial charge in [0.2, 0.25) is 0 Å². The van der Waals surface area contributed by atoms with Gasteiger partial charge >= 0.3 is 0 Å². The van der Waals surface area contributed by atoms with Crippen molar-refractivity contribution in [2.45, 2.75) is 0 Å². The maximum atomic E-state index is 12.5. The summed E-state index contributed by atoms with van der Waals surface area (Å²) in [5.74, 6) is 0.686. The largest absolute Gasteiger partial charge is 0.493 e. The molecule has 28 heavy (non-hydrogen) atoms. The summed E-state index contributed by atoms with van der Waals surface area (Å²) in [5, 5.41) is 8.92. The van der Waals surface area contributed by atoms with Gasteiger partial charge in [0.25, 0.3) is 11.5 Å². The number of carbonyl (C=O) groups excluding carboxylic acids is 1. The van der Waals surface area contributed by atoms with Gasteiger partial charge in [0.1, 0.15) is 10.7 Å². The minimum absolute atomic E-state index is 0.0625. The number of hydrogen-bond donors (Lipinski definition) is 2. The molecule has 0 atom stereocenters. The normalized spacial score (nSPS) is 10.4. The van der Waals surface area contributed by atoms with E-state index in [1.807, 2.05) is 0 Å². The molecule has 0 spiro atoms. The van der Waals surface area contributed by atoms with E-state index in [1.165, 1.54) is 14.2 Å². The number of H-pyrrole nitrogens is 1. The summed E-state index contributed by atoms with van der Waals surface area (Å²) >= 11 is 11.9. The maximum absolute atomic E-state index is 12.5. The first-order valence-corrected chi connectivity index (χ1v) is 8.77. The van der Waals surface area contributed by atoms with E-state index >= 15 is 0 Å². The van der Waals surface area contributed by atoms with E-state index in [-0.39, 0.29) is 16.0 Å². The minimum atomic E-state index is -0.561. The van der Waals surface area contributed by atoms with Gasteiger partial charge in [-0.05, 0) is 30.3 Å². The van der Waals surface area contributed by atoms with E-state index in [4.69, 9.17) is 32.7 Å². The minimum Gasteiger partial charge on any atom is -0.493 e. The first kappa shape index (κ1) is 19.7. The lowest BCUT2D eigenvalue weighted by Crippen LogP contribution is -2.12. The fourth-order valence-electron chi connectivity index (χ4n) is 2.49. The Morgan fingerprint density at radius 2 is 1.68 bits per heavy atom. The molecule has 0 saturated carbocycles. The molecular formula is C19H15Cl2N3O4. The first-order chi connectivity index (χ1) is 13.4. The molecular weight excluding hydrogens is 405 g/mol. The lowest BCUT2D eigenvalue weighted by molar-refractivity contribution is 0.102. The summed E-state index contributed by atoms with van der Waals surface area (Å²) in [4.78, 5) is 23.9. The molecule has 0 saturated heterocycles. The number of nitrogens with one attached hydrogen (secondary N) is 2. The summed E-state index contributed by atoms with van der Waals surface area (Å²) < 4.78 is 10.4. The zero-order valence-corrected chi connectivity index (χ0v) is 16.4. The number of aromatic nitrogens is 2. The van der Waals surface area contributed by atoms with Crippen LogP contribution in [0.5, 0.6) is 11.5 Å². The Bertz CT molecular complexity index is 1080. The highest BCUT2D eigenvalue weighted by atomic mass is 35.5. The van der Waals surface area contributed by atoms with E-state index in [1.54, 1.807) is 42.5 Å². The average Bonchev–Trinajstić information content (AvgIpc) is 2.72. The Balaban J connectivity index is 1.80. The van der Waals surface area contributed by atoms with Crippen LogP contribution in [0.3, 0.4) is 0 Å². The van der Waals surface area contributed by atoms with Crippen LogP contribution in [0.15, 0.2) is 47.3 Å². The molecule has 2 N–H and O–H groups in total. The van der Waals surface area contributed by atoms with Gasteiger partial charge in [0.05, 0.1) is 19.2 Å². The summed E-state index contributed by atoms with van der Waals surface area (Å²) in [7, 11) is 3.02. The summed E-state index contributed by atoms with van der Waals surface area (Å²) in [5.41, 5.74) is 1.39. The number of aromatic amines is 1. The second-order valence-electron chi connectivity index (χ2n) is 5.63. The SMILES string of the molecule is COc1ccc(C(=O)Nc2ccc(-c3n[nH]c(=O)c(Cl)c3Cl)cc2)cc1OC. The van der Waals surface area contributed by atoms with Crippen LogP contribution in [0.4, 0.5) is 5.69 Å². The lowest BCUT2D eigenvalue weighted by atomic mass is 10.1. The third kappa shape index (κ3) is 3.95. The van der Waals surface area contributed by atoms with Crippen molar-refractivity contribution in [1.82, 2.24) is 10.2 Å². The third-order valence-electron chi connectivity index (χ3n) is 3.93. The zero-order valence-electron chi connectivity index (χ0n) is 14.9. The zero-order chi connectivity index (χ0) is 20.3. The predicted octanol–water partition coefficient (Wildman–Crippen LogP) is 4.01. The number of anilines is 1. The van der Waals surface area contributed by atoms with E-state index in [0.717, 1.165) is 0 Å². The van der Waals surface area contributed by atoms with Gasteiger partial charge in [0.15, 0.2) is 11.5 Å². The molecule has 0 aliphatic heterocycles. The summed E-state index contributed by atoms with van der Waals surface area (Å²) in [6.45, 7) is 0. The lowest BCUT2D eigenvalue weighted by Gasteiger charge is -2.10. The van der Waals surface area contributed by atoms with Crippen molar-refractivity contribution in [2.75, 3.05) is 19.5 Å². The van der Waals surface area contributed by atoms with Crippen LogP contribution in [0.25, 0.3) is 11.3 Å². The summed E-state index contributed by atoms with van der Waals surface area (Å²) in [6.07, 6.45) is 0. The standard InChI is InChI=1S/C19H15Cl2N3O4/c1-27-13-8-5-11(9-14(13)28-2)18(25)22-12-6-3-10(4-7-12)17-15(20)16(21)19(26)24-23-17/h3-9H,1-2H3,(H,22,25)(H,24,26). The fraction of sp³-hybridized carbons (Fsp3) is 0.105. The predicted molar refractivity (Wildman–Crippen MR) is 108 cm³/mol. The van der Waals surface area contributed by atoms with E-state index in [2.05, 4.69) is 15.5 Å². The van der Waals surface area contributed by atoms with E-state index < -0.39 is 5.56 Å². The second-order valence-corrected chi connectivity index (χ2v) is 6.39. The molecule has 0 aliphatic carbocycles. The molecule has 0 unspecified atom stereocenters.